The highest BCUT2D eigenvalue weighted by molar-refractivity contribution is 5.88. The van der Waals surface area contributed by atoms with Crippen LogP contribution in [-0.2, 0) is 11.2 Å². The standard InChI is InChI=1S/C22H24F2N2O/c1-4-14-6-5-7-17-19(12-25-22(14)17)18(11-21(27)26-13(2)3)16-9-8-15(23)10-20(16)24/h5-10,12-13,18,25H,4,11H2,1-3H3,(H,26,27). The molecule has 0 saturated carbocycles. The van der Waals surface area contributed by atoms with E-state index in [2.05, 4.69) is 17.2 Å². The highest BCUT2D eigenvalue weighted by Gasteiger charge is 2.25. The molecule has 3 rings (SSSR count). The molecule has 1 atom stereocenters. The summed E-state index contributed by atoms with van der Waals surface area (Å²) in [5, 5.41) is 3.82. The maximum Gasteiger partial charge on any atom is 0.221 e. The Labute approximate surface area is 157 Å². The monoisotopic (exact) mass is 370 g/mol. The van der Waals surface area contributed by atoms with E-state index in [1.165, 1.54) is 12.1 Å². The Morgan fingerprint density at radius 2 is 1.93 bits per heavy atom. The van der Waals surface area contributed by atoms with Crippen LogP contribution in [0.2, 0.25) is 0 Å². The summed E-state index contributed by atoms with van der Waals surface area (Å²) in [6.07, 6.45) is 2.78. The van der Waals surface area contributed by atoms with Crippen molar-refractivity contribution in [1.82, 2.24) is 10.3 Å². The summed E-state index contributed by atoms with van der Waals surface area (Å²) in [6.45, 7) is 5.83. The van der Waals surface area contributed by atoms with E-state index >= 15 is 0 Å². The lowest BCUT2D eigenvalue weighted by atomic mass is 9.87. The number of carbonyl (C=O) groups excluding carboxylic acids is 1. The molecule has 5 heteroatoms. The van der Waals surface area contributed by atoms with Crippen LogP contribution in [0.4, 0.5) is 8.78 Å². The zero-order valence-corrected chi connectivity index (χ0v) is 15.8. The molecule has 0 aliphatic heterocycles. The zero-order valence-electron chi connectivity index (χ0n) is 15.8. The second-order valence-electron chi connectivity index (χ2n) is 7.08. The van der Waals surface area contributed by atoms with Crippen LogP contribution in [0.1, 0.15) is 49.8 Å². The number of aromatic amines is 1. The minimum atomic E-state index is -0.640. The molecule has 27 heavy (non-hydrogen) atoms. The van der Waals surface area contributed by atoms with Crippen molar-refractivity contribution in [2.24, 2.45) is 0 Å². The van der Waals surface area contributed by atoms with Crippen LogP contribution >= 0.6 is 0 Å². The van der Waals surface area contributed by atoms with Crippen LogP contribution in [0.3, 0.4) is 0 Å². The zero-order chi connectivity index (χ0) is 19.6. The van der Waals surface area contributed by atoms with E-state index in [0.717, 1.165) is 34.5 Å². The third kappa shape index (κ3) is 4.02. The molecule has 0 saturated heterocycles. The molecule has 142 valence electrons. The lowest BCUT2D eigenvalue weighted by molar-refractivity contribution is -0.121. The Hall–Kier alpha value is -2.69. The minimum absolute atomic E-state index is 0.00845. The average molecular weight is 370 g/mol. The molecular formula is C22H24F2N2O. The summed E-state index contributed by atoms with van der Waals surface area (Å²) in [5.41, 5.74) is 3.30. The SMILES string of the molecule is CCc1cccc2c(C(CC(=O)NC(C)C)c3ccc(F)cc3F)c[nH]c12. The number of rotatable bonds is 6. The summed E-state index contributed by atoms with van der Waals surface area (Å²) < 4.78 is 28.0. The van der Waals surface area contributed by atoms with Crippen molar-refractivity contribution in [3.8, 4) is 0 Å². The van der Waals surface area contributed by atoms with Crippen molar-refractivity contribution >= 4 is 16.8 Å². The van der Waals surface area contributed by atoms with Gasteiger partial charge in [-0.2, -0.15) is 0 Å². The van der Waals surface area contributed by atoms with E-state index < -0.39 is 17.6 Å². The Kier molecular flexibility index (Phi) is 5.59. The van der Waals surface area contributed by atoms with Gasteiger partial charge < -0.3 is 10.3 Å². The number of nitrogens with one attached hydrogen (secondary N) is 2. The number of benzene rings is 2. The van der Waals surface area contributed by atoms with Crippen molar-refractivity contribution in [3.63, 3.8) is 0 Å². The maximum absolute atomic E-state index is 14.6. The van der Waals surface area contributed by atoms with Crippen LogP contribution < -0.4 is 5.32 Å². The van der Waals surface area contributed by atoms with Gasteiger partial charge in [0.1, 0.15) is 11.6 Å². The molecule has 0 bridgehead atoms. The molecule has 2 aromatic carbocycles. The van der Waals surface area contributed by atoms with Crippen LogP contribution in [-0.4, -0.2) is 16.9 Å². The van der Waals surface area contributed by atoms with Gasteiger partial charge in [0.15, 0.2) is 0 Å². The fourth-order valence-electron chi connectivity index (χ4n) is 3.56. The molecular weight excluding hydrogens is 346 g/mol. The van der Waals surface area contributed by atoms with Crippen molar-refractivity contribution in [3.05, 3.63) is 70.9 Å². The van der Waals surface area contributed by atoms with E-state index in [1.807, 2.05) is 38.2 Å². The highest BCUT2D eigenvalue weighted by atomic mass is 19.1. The fourth-order valence-corrected chi connectivity index (χ4v) is 3.56. The van der Waals surface area contributed by atoms with Gasteiger partial charge in [-0.1, -0.05) is 31.2 Å². The minimum Gasteiger partial charge on any atom is -0.361 e. The van der Waals surface area contributed by atoms with Crippen LogP contribution in [0.25, 0.3) is 10.9 Å². The lowest BCUT2D eigenvalue weighted by Crippen LogP contribution is -2.31. The van der Waals surface area contributed by atoms with E-state index in [1.54, 1.807) is 0 Å². The average Bonchev–Trinajstić information content (AvgIpc) is 3.03. The van der Waals surface area contributed by atoms with Crippen LogP contribution in [0.15, 0.2) is 42.6 Å². The van der Waals surface area contributed by atoms with Crippen molar-refractivity contribution < 1.29 is 13.6 Å². The molecule has 1 aromatic heterocycles. The molecule has 1 heterocycles. The molecule has 1 amide bonds. The number of aryl methyl sites for hydroxylation is 1. The number of hydrogen-bond donors (Lipinski definition) is 2. The molecule has 0 aliphatic carbocycles. The summed E-state index contributed by atoms with van der Waals surface area (Å²) in [4.78, 5) is 15.7. The van der Waals surface area contributed by atoms with Gasteiger partial charge in [0, 0.05) is 41.5 Å². The Morgan fingerprint density at radius 3 is 2.59 bits per heavy atom. The molecule has 3 aromatic rings. The summed E-state index contributed by atoms with van der Waals surface area (Å²) in [6, 6.07) is 9.50. The second-order valence-corrected chi connectivity index (χ2v) is 7.08. The third-order valence-electron chi connectivity index (χ3n) is 4.77. The predicted octanol–water partition coefficient (Wildman–Crippen LogP) is 5.06. The van der Waals surface area contributed by atoms with Gasteiger partial charge >= 0.3 is 0 Å². The quantitative estimate of drug-likeness (QED) is 0.626. The summed E-state index contributed by atoms with van der Waals surface area (Å²) in [7, 11) is 0. The number of aromatic nitrogens is 1. The first-order valence-electron chi connectivity index (χ1n) is 9.23. The molecule has 0 spiro atoms. The Bertz CT molecular complexity index is 962. The van der Waals surface area contributed by atoms with Crippen LogP contribution in [0, 0.1) is 11.6 Å². The first kappa shape index (κ1) is 19.1. The van der Waals surface area contributed by atoms with Crippen molar-refractivity contribution in [1.29, 1.82) is 0 Å². The predicted molar refractivity (Wildman–Crippen MR) is 104 cm³/mol. The number of fused-ring (bicyclic) bond motifs is 1. The van der Waals surface area contributed by atoms with Gasteiger partial charge in [-0.05, 0) is 43.0 Å². The Balaban J connectivity index is 2.11. The van der Waals surface area contributed by atoms with Gasteiger partial charge in [-0.15, -0.1) is 0 Å². The highest BCUT2D eigenvalue weighted by Crippen LogP contribution is 2.36. The first-order chi connectivity index (χ1) is 12.9. The fraction of sp³-hybridized carbons (Fsp3) is 0.318. The maximum atomic E-state index is 14.6. The molecule has 0 fully saturated rings. The van der Waals surface area contributed by atoms with Gasteiger partial charge in [0.05, 0.1) is 0 Å². The van der Waals surface area contributed by atoms with E-state index in [4.69, 9.17) is 0 Å². The first-order valence-corrected chi connectivity index (χ1v) is 9.23. The normalized spacial score (nSPS) is 12.5. The van der Waals surface area contributed by atoms with Gasteiger partial charge in [-0.3, -0.25) is 4.79 Å². The molecule has 3 nitrogen and oxygen atoms in total. The molecule has 2 N–H and O–H groups in total. The van der Waals surface area contributed by atoms with E-state index in [0.29, 0.717) is 5.56 Å². The number of para-hydroxylation sites is 1. The summed E-state index contributed by atoms with van der Waals surface area (Å²) in [5.74, 6) is -1.95. The van der Waals surface area contributed by atoms with E-state index in [9.17, 15) is 13.6 Å². The lowest BCUT2D eigenvalue weighted by Gasteiger charge is -2.19. The van der Waals surface area contributed by atoms with Crippen LogP contribution in [0.5, 0.6) is 0 Å². The van der Waals surface area contributed by atoms with Gasteiger partial charge in [-0.25, -0.2) is 8.78 Å². The van der Waals surface area contributed by atoms with Gasteiger partial charge in [0.2, 0.25) is 5.91 Å². The third-order valence-corrected chi connectivity index (χ3v) is 4.77. The van der Waals surface area contributed by atoms with Crippen molar-refractivity contribution in [2.75, 3.05) is 0 Å². The number of amides is 1. The molecule has 0 radical (unpaired) electrons. The number of H-pyrrole nitrogens is 1. The Morgan fingerprint density at radius 1 is 1.15 bits per heavy atom. The largest absolute Gasteiger partial charge is 0.361 e. The molecule has 1 unspecified atom stereocenters. The topological polar surface area (TPSA) is 44.9 Å². The van der Waals surface area contributed by atoms with Gasteiger partial charge in [0.25, 0.3) is 0 Å². The second kappa shape index (κ2) is 7.91. The van der Waals surface area contributed by atoms with E-state index in [-0.39, 0.29) is 18.4 Å². The summed E-state index contributed by atoms with van der Waals surface area (Å²) >= 11 is 0. The van der Waals surface area contributed by atoms with Crippen molar-refractivity contribution in [2.45, 2.75) is 45.6 Å². The smallest absolute Gasteiger partial charge is 0.221 e. The molecule has 0 aliphatic rings. The number of carbonyl (C=O) groups is 1. The number of hydrogen-bond acceptors (Lipinski definition) is 1. The number of halogens is 2.